The Morgan fingerprint density at radius 2 is 1.79 bits per heavy atom. The highest BCUT2D eigenvalue weighted by Gasteiger charge is 2.16. The average Bonchev–Trinajstić information content (AvgIpc) is 2.31. The van der Waals surface area contributed by atoms with E-state index in [-0.39, 0.29) is 31.3 Å². The van der Waals surface area contributed by atoms with Crippen LogP contribution in [0.2, 0.25) is 0 Å². The fourth-order valence-electron chi connectivity index (χ4n) is 1.72. The maximum absolute atomic E-state index is 11.4. The molecule has 0 spiro atoms. The molecule has 19 heavy (non-hydrogen) atoms. The van der Waals surface area contributed by atoms with Crippen molar-refractivity contribution >= 4 is 17.8 Å². The summed E-state index contributed by atoms with van der Waals surface area (Å²) in [5, 5.41) is 13.7. The zero-order valence-electron chi connectivity index (χ0n) is 11.4. The molecule has 0 radical (unpaired) electrons. The van der Waals surface area contributed by atoms with E-state index in [1.54, 1.807) is 0 Å². The molecule has 7 heteroatoms. The first-order chi connectivity index (χ1) is 8.85. The van der Waals surface area contributed by atoms with Gasteiger partial charge in [-0.05, 0) is 18.3 Å². The molecule has 0 aromatic rings. The van der Waals surface area contributed by atoms with Crippen LogP contribution in [0.3, 0.4) is 0 Å². The minimum absolute atomic E-state index is 0.0214. The van der Waals surface area contributed by atoms with Crippen LogP contribution in [0.1, 0.15) is 26.7 Å². The van der Waals surface area contributed by atoms with Crippen molar-refractivity contribution in [2.45, 2.75) is 26.7 Å². The van der Waals surface area contributed by atoms with Gasteiger partial charge in [0.05, 0.1) is 13.1 Å². The molecule has 1 unspecified atom stereocenters. The molecule has 0 heterocycles. The lowest BCUT2D eigenvalue weighted by Gasteiger charge is -2.17. The second-order valence-corrected chi connectivity index (χ2v) is 4.88. The maximum atomic E-state index is 11.4. The first kappa shape index (κ1) is 17.4. The molecule has 1 atom stereocenters. The van der Waals surface area contributed by atoms with Crippen molar-refractivity contribution in [2.75, 3.05) is 19.6 Å². The van der Waals surface area contributed by atoms with E-state index in [0.717, 1.165) is 6.42 Å². The van der Waals surface area contributed by atoms with E-state index in [1.165, 1.54) is 0 Å². The number of hydrogen-bond acceptors (Lipinski definition) is 4. The average molecular weight is 273 g/mol. The number of nitrogens with two attached hydrogens (primary N) is 1. The van der Waals surface area contributed by atoms with Crippen molar-refractivity contribution in [3.05, 3.63) is 0 Å². The molecule has 0 rings (SSSR count). The van der Waals surface area contributed by atoms with E-state index in [0.29, 0.717) is 12.5 Å². The number of carbonyl (C=O) groups excluding carboxylic acids is 2. The second-order valence-electron chi connectivity index (χ2n) is 4.88. The van der Waals surface area contributed by atoms with E-state index in [4.69, 9.17) is 10.8 Å². The Hall–Kier alpha value is -1.63. The highest BCUT2D eigenvalue weighted by molar-refractivity contribution is 5.85. The third-order valence-corrected chi connectivity index (χ3v) is 2.49. The van der Waals surface area contributed by atoms with Gasteiger partial charge in [-0.1, -0.05) is 13.8 Å². The van der Waals surface area contributed by atoms with E-state index in [9.17, 15) is 14.4 Å². The van der Waals surface area contributed by atoms with Gasteiger partial charge in [-0.15, -0.1) is 0 Å². The normalized spacial score (nSPS) is 12.0. The van der Waals surface area contributed by atoms with Crippen LogP contribution >= 0.6 is 0 Å². The predicted molar refractivity (Wildman–Crippen MR) is 70.3 cm³/mol. The summed E-state index contributed by atoms with van der Waals surface area (Å²) in [5.41, 5.74) is 5.08. The SMILES string of the molecule is CC(C)CC(CNC(=O)CNC(=O)CN)CC(=O)O. The highest BCUT2D eigenvalue weighted by Crippen LogP contribution is 2.14. The molecular weight excluding hydrogens is 250 g/mol. The Balaban J connectivity index is 4.04. The van der Waals surface area contributed by atoms with Gasteiger partial charge >= 0.3 is 5.97 Å². The van der Waals surface area contributed by atoms with Crippen LogP contribution in [-0.4, -0.2) is 42.5 Å². The largest absolute Gasteiger partial charge is 0.481 e. The van der Waals surface area contributed by atoms with Gasteiger partial charge in [0.1, 0.15) is 0 Å². The Morgan fingerprint density at radius 1 is 1.16 bits per heavy atom. The summed E-state index contributed by atoms with van der Waals surface area (Å²) >= 11 is 0. The van der Waals surface area contributed by atoms with Crippen molar-refractivity contribution in [1.82, 2.24) is 10.6 Å². The number of aliphatic carboxylic acids is 1. The molecule has 0 fully saturated rings. The molecule has 0 aromatic heterocycles. The first-order valence-electron chi connectivity index (χ1n) is 6.30. The van der Waals surface area contributed by atoms with E-state index in [1.807, 2.05) is 13.8 Å². The quantitative estimate of drug-likeness (QED) is 0.443. The summed E-state index contributed by atoms with van der Waals surface area (Å²) in [5.74, 6) is -1.37. The molecule has 0 aliphatic carbocycles. The van der Waals surface area contributed by atoms with Crippen molar-refractivity contribution in [1.29, 1.82) is 0 Å². The van der Waals surface area contributed by atoms with Crippen LogP contribution < -0.4 is 16.4 Å². The number of amides is 2. The third kappa shape index (κ3) is 10.0. The third-order valence-electron chi connectivity index (χ3n) is 2.49. The molecule has 0 bridgehead atoms. The summed E-state index contributed by atoms with van der Waals surface area (Å²) < 4.78 is 0. The zero-order chi connectivity index (χ0) is 14.8. The van der Waals surface area contributed by atoms with Gasteiger partial charge < -0.3 is 21.5 Å². The fourth-order valence-corrected chi connectivity index (χ4v) is 1.72. The molecule has 110 valence electrons. The minimum atomic E-state index is -0.878. The fraction of sp³-hybridized carbons (Fsp3) is 0.750. The predicted octanol–water partition coefficient (Wildman–Crippen LogP) is -0.685. The number of nitrogens with one attached hydrogen (secondary N) is 2. The lowest BCUT2D eigenvalue weighted by molar-refractivity contribution is -0.138. The van der Waals surface area contributed by atoms with Gasteiger partial charge in [-0.2, -0.15) is 0 Å². The lowest BCUT2D eigenvalue weighted by Crippen LogP contribution is -2.41. The van der Waals surface area contributed by atoms with Crippen LogP contribution in [0, 0.1) is 11.8 Å². The van der Waals surface area contributed by atoms with Crippen LogP contribution in [0.5, 0.6) is 0 Å². The number of carboxylic acid groups (broad SMARTS) is 1. The number of carboxylic acids is 1. The smallest absolute Gasteiger partial charge is 0.303 e. The van der Waals surface area contributed by atoms with Gasteiger partial charge in [0.15, 0.2) is 0 Å². The molecule has 0 saturated heterocycles. The second kappa shape index (κ2) is 9.32. The lowest BCUT2D eigenvalue weighted by atomic mass is 9.94. The van der Waals surface area contributed by atoms with Crippen molar-refractivity contribution in [2.24, 2.45) is 17.6 Å². The summed E-state index contributed by atoms with van der Waals surface area (Å²) in [6.07, 6.45) is 0.745. The maximum Gasteiger partial charge on any atom is 0.303 e. The molecule has 0 saturated carbocycles. The molecule has 0 aliphatic heterocycles. The molecule has 5 N–H and O–H groups in total. The molecule has 0 aromatic carbocycles. The Bertz CT molecular complexity index is 318. The Morgan fingerprint density at radius 3 is 2.26 bits per heavy atom. The van der Waals surface area contributed by atoms with Crippen LogP contribution in [-0.2, 0) is 14.4 Å². The van der Waals surface area contributed by atoms with Crippen LogP contribution in [0.25, 0.3) is 0 Å². The minimum Gasteiger partial charge on any atom is -0.481 e. The summed E-state index contributed by atoms with van der Waals surface area (Å²) in [6, 6.07) is 0. The molecule has 7 nitrogen and oxygen atoms in total. The van der Waals surface area contributed by atoms with Crippen LogP contribution in [0.4, 0.5) is 0 Å². The summed E-state index contributed by atoms with van der Waals surface area (Å²) in [7, 11) is 0. The van der Waals surface area contributed by atoms with Gasteiger partial charge in [-0.3, -0.25) is 14.4 Å². The monoisotopic (exact) mass is 273 g/mol. The van der Waals surface area contributed by atoms with Gasteiger partial charge in [0.2, 0.25) is 11.8 Å². The molecular formula is C12H23N3O4. The Labute approximate surface area is 112 Å². The summed E-state index contributed by atoms with van der Waals surface area (Å²) in [6.45, 7) is 3.98. The van der Waals surface area contributed by atoms with Gasteiger partial charge in [-0.25, -0.2) is 0 Å². The standard InChI is InChI=1S/C12H23N3O4/c1-8(2)3-9(4-12(18)19)6-14-11(17)7-15-10(16)5-13/h8-9H,3-7,13H2,1-2H3,(H,14,17)(H,15,16)(H,18,19). The topological polar surface area (TPSA) is 122 Å². The molecule has 2 amide bonds. The van der Waals surface area contributed by atoms with E-state index in [2.05, 4.69) is 10.6 Å². The van der Waals surface area contributed by atoms with Crippen molar-refractivity contribution in [3.63, 3.8) is 0 Å². The highest BCUT2D eigenvalue weighted by atomic mass is 16.4. The van der Waals surface area contributed by atoms with E-state index < -0.39 is 11.9 Å². The van der Waals surface area contributed by atoms with Crippen molar-refractivity contribution in [3.8, 4) is 0 Å². The summed E-state index contributed by atoms with van der Waals surface area (Å²) in [4.78, 5) is 33.0. The van der Waals surface area contributed by atoms with E-state index >= 15 is 0 Å². The van der Waals surface area contributed by atoms with Crippen molar-refractivity contribution < 1.29 is 19.5 Å². The number of hydrogen-bond donors (Lipinski definition) is 4. The number of rotatable bonds is 9. The van der Waals surface area contributed by atoms with Gasteiger partial charge in [0.25, 0.3) is 0 Å². The zero-order valence-corrected chi connectivity index (χ0v) is 11.4. The number of carbonyl (C=O) groups is 3. The van der Waals surface area contributed by atoms with Crippen LogP contribution in [0.15, 0.2) is 0 Å². The molecule has 0 aliphatic rings. The Kier molecular flexibility index (Phi) is 8.52. The van der Waals surface area contributed by atoms with Gasteiger partial charge in [0, 0.05) is 13.0 Å². The first-order valence-corrected chi connectivity index (χ1v) is 6.30.